The van der Waals surface area contributed by atoms with Gasteiger partial charge in [-0.3, -0.25) is 4.79 Å². The van der Waals surface area contributed by atoms with E-state index in [1.165, 1.54) is 7.05 Å². The number of carbonyl (C=O) groups excluding carboxylic acids is 2. The fraction of sp³-hybridized carbons (Fsp3) is 0.182. The number of fused-ring (bicyclic) bond motifs is 1. The number of aromatic nitrogens is 2. The quantitative estimate of drug-likeness (QED) is 0.421. The van der Waals surface area contributed by atoms with Crippen molar-refractivity contribution in [3.63, 3.8) is 0 Å². The number of aromatic amines is 2. The van der Waals surface area contributed by atoms with Crippen LogP contribution in [0.25, 0.3) is 11.0 Å². The van der Waals surface area contributed by atoms with Gasteiger partial charge < -0.3 is 20.1 Å². The van der Waals surface area contributed by atoms with Crippen LogP contribution in [-0.2, 0) is 9.59 Å². The van der Waals surface area contributed by atoms with Gasteiger partial charge in [-0.05, 0) is 18.2 Å². The fourth-order valence-electron chi connectivity index (χ4n) is 1.59. The van der Waals surface area contributed by atoms with E-state index in [-0.39, 0.29) is 5.69 Å². The van der Waals surface area contributed by atoms with Gasteiger partial charge in [0.05, 0.1) is 11.0 Å². The Labute approximate surface area is 106 Å². The Kier molecular flexibility index (Phi) is 3.51. The summed E-state index contributed by atoms with van der Waals surface area (Å²) in [6.45, 7) is 0. The summed E-state index contributed by atoms with van der Waals surface area (Å²) >= 11 is 0. The standard InChI is InChI=1S/C11H11N5O3/c1-12-16-9(5-17)10(18)13-6-2-3-7-8(4-6)15-11(19)14-7/h2-5,9H,1H3,(H,13,18)(H2,14,15,19). The average Bonchev–Trinajstić information content (AvgIpc) is 2.75. The summed E-state index contributed by atoms with van der Waals surface area (Å²) in [6.07, 6.45) is 0.402. The first kappa shape index (κ1) is 12.7. The van der Waals surface area contributed by atoms with Crippen molar-refractivity contribution in [2.75, 3.05) is 12.4 Å². The lowest BCUT2D eigenvalue weighted by atomic mass is 10.2. The maximum Gasteiger partial charge on any atom is 0.323 e. The summed E-state index contributed by atoms with van der Waals surface area (Å²) in [6, 6.07) is 3.65. The van der Waals surface area contributed by atoms with Gasteiger partial charge in [-0.1, -0.05) is 0 Å². The molecule has 0 bridgehead atoms. The minimum Gasteiger partial charge on any atom is -0.324 e. The Bertz CT molecular complexity index is 700. The van der Waals surface area contributed by atoms with E-state index < -0.39 is 11.9 Å². The molecule has 2 aromatic rings. The first-order chi connectivity index (χ1) is 9.13. The van der Waals surface area contributed by atoms with Crippen molar-refractivity contribution in [2.24, 2.45) is 10.2 Å². The van der Waals surface area contributed by atoms with E-state index in [2.05, 4.69) is 25.5 Å². The Morgan fingerprint density at radius 1 is 1.37 bits per heavy atom. The fourth-order valence-corrected chi connectivity index (χ4v) is 1.59. The van der Waals surface area contributed by atoms with Crippen molar-refractivity contribution in [3.05, 3.63) is 28.7 Å². The third-order valence-corrected chi connectivity index (χ3v) is 2.42. The number of nitrogens with zero attached hydrogens (tertiary/aromatic N) is 2. The lowest BCUT2D eigenvalue weighted by Gasteiger charge is -2.06. The van der Waals surface area contributed by atoms with Crippen LogP contribution >= 0.6 is 0 Å². The molecule has 0 fully saturated rings. The first-order valence-corrected chi connectivity index (χ1v) is 5.41. The molecule has 0 aliphatic rings. The molecule has 8 heteroatoms. The Morgan fingerprint density at radius 2 is 2.11 bits per heavy atom. The van der Waals surface area contributed by atoms with Crippen LogP contribution in [0.3, 0.4) is 0 Å². The van der Waals surface area contributed by atoms with Crippen LogP contribution in [0.4, 0.5) is 5.69 Å². The zero-order valence-electron chi connectivity index (χ0n) is 10.0. The Hall–Kier alpha value is -2.77. The maximum absolute atomic E-state index is 11.7. The highest BCUT2D eigenvalue weighted by atomic mass is 16.2. The number of aldehydes is 1. The van der Waals surface area contributed by atoms with Crippen molar-refractivity contribution >= 4 is 28.9 Å². The second-order valence-corrected chi connectivity index (χ2v) is 3.73. The predicted octanol–water partition coefficient (Wildman–Crippen LogP) is 0.444. The van der Waals surface area contributed by atoms with Gasteiger partial charge in [-0.15, -0.1) is 0 Å². The van der Waals surface area contributed by atoms with Gasteiger partial charge in [-0.2, -0.15) is 10.2 Å². The normalized spacial score (nSPS) is 12.7. The monoisotopic (exact) mass is 261 g/mol. The number of benzene rings is 1. The molecule has 8 nitrogen and oxygen atoms in total. The number of H-pyrrole nitrogens is 2. The molecule has 0 spiro atoms. The zero-order chi connectivity index (χ0) is 13.8. The van der Waals surface area contributed by atoms with E-state index in [4.69, 9.17) is 0 Å². The molecule has 98 valence electrons. The molecule has 0 saturated heterocycles. The second kappa shape index (κ2) is 5.25. The van der Waals surface area contributed by atoms with Crippen LogP contribution in [0.1, 0.15) is 0 Å². The maximum atomic E-state index is 11.7. The van der Waals surface area contributed by atoms with Crippen LogP contribution in [0.2, 0.25) is 0 Å². The molecule has 1 unspecified atom stereocenters. The van der Waals surface area contributed by atoms with Gasteiger partial charge in [0.1, 0.15) is 0 Å². The van der Waals surface area contributed by atoms with E-state index in [1.807, 2.05) is 0 Å². The number of imidazole rings is 1. The van der Waals surface area contributed by atoms with E-state index in [0.29, 0.717) is 23.0 Å². The summed E-state index contributed by atoms with van der Waals surface area (Å²) in [5.41, 5.74) is 1.31. The molecule has 1 heterocycles. The van der Waals surface area contributed by atoms with Crippen LogP contribution in [0, 0.1) is 0 Å². The van der Waals surface area contributed by atoms with Crippen LogP contribution < -0.4 is 11.0 Å². The molecule has 0 aliphatic heterocycles. The van der Waals surface area contributed by atoms with Crippen LogP contribution in [0.5, 0.6) is 0 Å². The van der Waals surface area contributed by atoms with Gasteiger partial charge in [0.15, 0.2) is 6.29 Å². The Balaban J connectivity index is 2.23. The summed E-state index contributed by atoms with van der Waals surface area (Å²) in [7, 11) is 1.38. The minimum atomic E-state index is -1.18. The van der Waals surface area contributed by atoms with Gasteiger partial charge in [0, 0.05) is 12.7 Å². The van der Waals surface area contributed by atoms with Gasteiger partial charge in [0.25, 0.3) is 5.91 Å². The van der Waals surface area contributed by atoms with Crippen molar-refractivity contribution in [2.45, 2.75) is 6.04 Å². The van der Waals surface area contributed by atoms with Gasteiger partial charge in [-0.25, -0.2) is 4.79 Å². The van der Waals surface area contributed by atoms with E-state index in [9.17, 15) is 14.4 Å². The molecule has 0 aliphatic carbocycles. The third-order valence-electron chi connectivity index (χ3n) is 2.42. The highest BCUT2D eigenvalue weighted by Gasteiger charge is 2.16. The first-order valence-electron chi connectivity index (χ1n) is 5.41. The number of anilines is 1. The second-order valence-electron chi connectivity index (χ2n) is 3.73. The van der Waals surface area contributed by atoms with Crippen molar-refractivity contribution in [3.8, 4) is 0 Å². The number of rotatable bonds is 4. The summed E-state index contributed by atoms with van der Waals surface area (Å²) in [4.78, 5) is 38.6. The third kappa shape index (κ3) is 2.73. The molecule has 1 aromatic heterocycles. The average molecular weight is 261 g/mol. The molecular formula is C11H11N5O3. The number of amides is 1. The summed E-state index contributed by atoms with van der Waals surface area (Å²) in [5, 5.41) is 9.41. The molecule has 1 atom stereocenters. The number of hydrogen-bond acceptors (Lipinski definition) is 5. The number of azo groups is 1. The topological polar surface area (TPSA) is 120 Å². The smallest absolute Gasteiger partial charge is 0.323 e. The van der Waals surface area contributed by atoms with Crippen molar-refractivity contribution in [1.82, 2.24) is 9.97 Å². The summed E-state index contributed by atoms with van der Waals surface area (Å²) < 4.78 is 0. The van der Waals surface area contributed by atoms with E-state index in [1.54, 1.807) is 18.2 Å². The molecule has 1 amide bonds. The van der Waals surface area contributed by atoms with Crippen LogP contribution in [-0.4, -0.2) is 35.3 Å². The molecule has 0 saturated carbocycles. The van der Waals surface area contributed by atoms with Crippen molar-refractivity contribution < 1.29 is 9.59 Å². The lowest BCUT2D eigenvalue weighted by molar-refractivity contribution is -0.121. The number of carbonyl (C=O) groups is 2. The minimum absolute atomic E-state index is 0.330. The molecule has 2 rings (SSSR count). The van der Waals surface area contributed by atoms with E-state index >= 15 is 0 Å². The molecular weight excluding hydrogens is 250 g/mol. The highest BCUT2D eigenvalue weighted by Crippen LogP contribution is 2.14. The van der Waals surface area contributed by atoms with E-state index in [0.717, 1.165) is 0 Å². The Morgan fingerprint density at radius 3 is 2.79 bits per heavy atom. The molecule has 1 aromatic carbocycles. The number of nitrogens with one attached hydrogen (secondary N) is 3. The molecule has 3 N–H and O–H groups in total. The highest BCUT2D eigenvalue weighted by molar-refractivity contribution is 6.04. The summed E-state index contributed by atoms with van der Waals surface area (Å²) in [5.74, 6) is -0.585. The lowest BCUT2D eigenvalue weighted by Crippen LogP contribution is -2.27. The van der Waals surface area contributed by atoms with Gasteiger partial charge >= 0.3 is 5.69 Å². The van der Waals surface area contributed by atoms with Crippen molar-refractivity contribution in [1.29, 1.82) is 0 Å². The molecule has 19 heavy (non-hydrogen) atoms. The largest absolute Gasteiger partial charge is 0.324 e. The van der Waals surface area contributed by atoms with Gasteiger partial charge in [0.2, 0.25) is 6.04 Å². The molecule has 0 radical (unpaired) electrons. The predicted molar refractivity (Wildman–Crippen MR) is 68.2 cm³/mol. The van der Waals surface area contributed by atoms with Crippen LogP contribution in [0.15, 0.2) is 33.2 Å². The zero-order valence-corrected chi connectivity index (χ0v) is 10.0. The number of hydrogen-bond donors (Lipinski definition) is 3. The SMILES string of the molecule is CN=NC(C=O)C(=O)Nc1ccc2[nH]c(=O)[nH]c2c1.